The zero-order valence-electron chi connectivity index (χ0n) is 18.5. The number of halogens is 2. The molecule has 0 radical (unpaired) electrons. The molecule has 10 nitrogen and oxygen atoms in total. The highest BCUT2D eigenvalue weighted by Gasteiger charge is 2.34. The first-order valence-electron chi connectivity index (χ1n) is 10.9. The van der Waals surface area contributed by atoms with Gasteiger partial charge in [-0.05, 0) is 13.3 Å². The zero-order chi connectivity index (χ0) is 24.2. The number of ether oxygens (including phenoxy) is 1. The molecular formula is C22H24F2N4O6. The van der Waals surface area contributed by atoms with E-state index in [1.54, 1.807) is 6.07 Å². The molecule has 0 unspecified atom stereocenters. The van der Waals surface area contributed by atoms with E-state index in [0.717, 1.165) is 22.1 Å². The normalized spacial score (nSPS) is 18.7. The summed E-state index contributed by atoms with van der Waals surface area (Å²) < 4.78 is 40.0. The number of Topliss-reactive ketones (excluding diaryl/α,β-unsaturated/α-hetero) is 1. The highest BCUT2D eigenvalue weighted by atomic mass is 19.1. The predicted molar refractivity (Wildman–Crippen MR) is 114 cm³/mol. The number of cyclic esters (lactones) is 1. The molecule has 2 aromatic rings. The molecule has 12 heteroatoms. The fraction of sp³-hybridized carbons (Fsp3) is 0.455. The fourth-order valence-corrected chi connectivity index (χ4v) is 3.90. The highest BCUT2D eigenvalue weighted by Crippen LogP contribution is 2.32. The van der Waals surface area contributed by atoms with Crippen LogP contribution in [0.2, 0.25) is 0 Å². The van der Waals surface area contributed by atoms with Gasteiger partial charge in [0.2, 0.25) is 0 Å². The van der Waals surface area contributed by atoms with Crippen LogP contribution in [0.25, 0.3) is 0 Å². The third-order valence-corrected chi connectivity index (χ3v) is 5.61. The molecule has 3 heterocycles. The molecular weight excluding hydrogens is 454 g/mol. The van der Waals surface area contributed by atoms with Gasteiger partial charge in [0, 0.05) is 37.7 Å². The maximum Gasteiger partial charge on any atom is 0.414 e. The lowest BCUT2D eigenvalue weighted by Crippen LogP contribution is -2.35. The second-order valence-corrected chi connectivity index (χ2v) is 8.10. The van der Waals surface area contributed by atoms with E-state index in [-0.39, 0.29) is 68.7 Å². The summed E-state index contributed by atoms with van der Waals surface area (Å²) >= 11 is 0. The number of carbonyl (C=O) groups is 3. The van der Waals surface area contributed by atoms with E-state index in [1.807, 2.05) is 0 Å². The summed E-state index contributed by atoms with van der Waals surface area (Å²) in [6.07, 6.45) is 0.697. The number of anilines is 2. The van der Waals surface area contributed by atoms with Crippen LogP contribution in [-0.2, 0) is 25.6 Å². The summed E-state index contributed by atoms with van der Waals surface area (Å²) in [5, 5.41) is 4.84. The average Bonchev–Trinajstić information content (AvgIpc) is 3.35. The molecule has 4 rings (SSSR count). The molecule has 2 saturated heterocycles. The van der Waals surface area contributed by atoms with E-state index in [9.17, 15) is 14.4 Å². The maximum absolute atomic E-state index is 15.0. The van der Waals surface area contributed by atoms with Gasteiger partial charge in [-0.3, -0.25) is 14.5 Å². The van der Waals surface area contributed by atoms with Crippen LogP contribution in [0.4, 0.5) is 25.0 Å². The first-order valence-corrected chi connectivity index (χ1v) is 10.9. The van der Waals surface area contributed by atoms with Crippen LogP contribution in [0.3, 0.4) is 0 Å². The number of amides is 2. The number of nitrogens with zero attached hydrogens (tertiary/aromatic N) is 4. The smallest absolute Gasteiger partial charge is 0.414 e. The van der Waals surface area contributed by atoms with E-state index in [0.29, 0.717) is 12.1 Å². The minimum atomic E-state index is -0.850. The lowest BCUT2D eigenvalue weighted by atomic mass is 10.1. The quantitative estimate of drug-likeness (QED) is 0.598. The maximum atomic E-state index is 15.0. The minimum absolute atomic E-state index is 0.0206. The number of hydrogen-bond acceptors (Lipinski definition) is 8. The second-order valence-electron chi connectivity index (χ2n) is 8.10. The van der Waals surface area contributed by atoms with Crippen molar-refractivity contribution in [3.8, 4) is 0 Å². The molecule has 2 aliphatic heterocycles. The molecule has 0 aliphatic carbocycles. The van der Waals surface area contributed by atoms with Crippen LogP contribution in [0, 0.1) is 11.6 Å². The van der Waals surface area contributed by atoms with Gasteiger partial charge in [-0.2, -0.15) is 0 Å². The standard InChI is InChI=1S/C22H24F2N4O6/c1-14(29)2-3-17-13-27(22(31)34-17)16-11-18(23)21(19(24)12-16)26-5-6-28(33-9-7-26)20(30)10-15-4-8-32-25-15/h4,8,11-12,17H,2-3,5-7,9-10,13H2,1H3/t17-/m0/s1. The fourth-order valence-electron chi connectivity index (χ4n) is 3.90. The third-order valence-electron chi connectivity index (χ3n) is 5.61. The first kappa shape index (κ1) is 23.6. The monoisotopic (exact) mass is 478 g/mol. The molecule has 1 aromatic heterocycles. The molecule has 2 aliphatic rings. The Morgan fingerprint density at radius 1 is 1.18 bits per heavy atom. The molecule has 0 spiro atoms. The average molecular weight is 478 g/mol. The van der Waals surface area contributed by atoms with Crippen molar-refractivity contribution in [1.29, 1.82) is 0 Å². The summed E-state index contributed by atoms with van der Waals surface area (Å²) in [5.41, 5.74) is 0.217. The molecule has 2 amide bonds. The van der Waals surface area contributed by atoms with E-state index in [4.69, 9.17) is 14.1 Å². The highest BCUT2D eigenvalue weighted by molar-refractivity contribution is 5.90. The molecule has 2 fully saturated rings. The Hall–Kier alpha value is -3.54. The van der Waals surface area contributed by atoms with Crippen molar-refractivity contribution in [1.82, 2.24) is 10.2 Å². The summed E-state index contributed by atoms with van der Waals surface area (Å²) in [6.45, 7) is 1.97. The van der Waals surface area contributed by atoms with Gasteiger partial charge >= 0.3 is 6.09 Å². The molecule has 0 bridgehead atoms. The summed E-state index contributed by atoms with van der Waals surface area (Å²) in [4.78, 5) is 43.8. The third kappa shape index (κ3) is 5.33. The SMILES string of the molecule is CC(=O)CC[C@H]1CN(c2cc(F)c(N3CCON(C(=O)Cc4ccon4)CC3)c(F)c2)C(=O)O1. The van der Waals surface area contributed by atoms with Crippen molar-refractivity contribution < 1.29 is 37.3 Å². The van der Waals surface area contributed by atoms with E-state index >= 15 is 8.78 Å². The van der Waals surface area contributed by atoms with Gasteiger partial charge in [-0.25, -0.2) is 18.6 Å². The zero-order valence-corrected chi connectivity index (χ0v) is 18.5. The number of hydrogen-bond donors (Lipinski definition) is 0. The Bertz CT molecular complexity index is 1040. The Labute approximate surface area is 193 Å². The predicted octanol–water partition coefficient (Wildman–Crippen LogP) is 2.47. The second kappa shape index (κ2) is 10.2. The van der Waals surface area contributed by atoms with Gasteiger partial charge in [0.25, 0.3) is 5.91 Å². The Morgan fingerprint density at radius 2 is 1.94 bits per heavy atom. The number of rotatable bonds is 7. The van der Waals surface area contributed by atoms with Crippen molar-refractivity contribution in [3.63, 3.8) is 0 Å². The van der Waals surface area contributed by atoms with Crippen molar-refractivity contribution in [3.05, 3.63) is 41.8 Å². The van der Waals surface area contributed by atoms with E-state index < -0.39 is 23.8 Å². The largest absolute Gasteiger partial charge is 0.444 e. The Balaban J connectivity index is 1.42. The van der Waals surface area contributed by atoms with Crippen molar-refractivity contribution in [2.75, 3.05) is 42.6 Å². The van der Waals surface area contributed by atoms with E-state index in [1.165, 1.54) is 18.1 Å². The lowest BCUT2D eigenvalue weighted by Gasteiger charge is -2.24. The lowest BCUT2D eigenvalue weighted by molar-refractivity contribution is -0.181. The number of hydroxylamine groups is 2. The van der Waals surface area contributed by atoms with Gasteiger partial charge in [0.1, 0.15) is 23.8 Å². The Kier molecular flexibility index (Phi) is 7.06. The molecule has 0 N–H and O–H groups in total. The van der Waals surface area contributed by atoms with Gasteiger partial charge in [-0.15, -0.1) is 0 Å². The Morgan fingerprint density at radius 3 is 2.62 bits per heavy atom. The topological polar surface area (TPSA) is 105 Å². The van der Waals surface area contributed by atoms with Crippen molar-refractivity contribution in [2.24, 2.45) is 0 Å². The van der Waals surface area contributed by atoms with Crippen LogP contribution in [0.5, 0.6) is 0 Å². The van der Waals surface area contributed by atoms with Crippen molar-refractivity contribution in [2.45, 2.75) is 32.3 Å². The summed E-state index contributed by atoms with van der Waals surface area (Å²) in [6, 6.07) is 3.72. The number of ketones is 1. The molecule has 34 heavy (non-hydrogen) atoms. The summed E-state index contributed by atoms with van der Waals surface area (Å²) in [5.74, 6) is -2.08. The first-order chi connectivity index (χ1) is 16.3. The summed E-state index contributed by atoms with van der Waals surface area (Å²) in [7, 11) is 0. The van der Waals surface area contributed by atoms with Crippen molar-refractivity contribution >= 4 is 29.2 Å². The molecule has 0 saturated carbocycles. The molecule has 1 aromatic carbocycles. The van der Waals surface area contributed by atoms with Crippen LogP contribution in [0.15, 0.2) is 29.0 Å². The van der Waals surface area contributed by atoms with Crippen LogP contribution < -0.4 is 9.80 Å². The molecule has 182 valence electrons. The number of aromatic nitrogens is 1. The van der Waals surface area contributed by atoms with Crippen LogP contribution >= 0.6 is 0 Å². The van der Waals surface area contributed by atoms with Gasteiger partial charge in [0.15, 0.2) is 11.6 Å². The van der Waals surface area contributed by atoms with Crippen LogP contribution in [0.1, 0.15) is 25.5 Å². The minimum Gasteiger partial charge on any atom is -0.444 e. The van der Waals surface area contributed by atoms with Gasteiger partial charge in [-0.1, -0.05) is 5.16 Å². The van der Waals surface area contributed by atoms with E-state index in [2.05, 4.69) is 5.16 Å². The van der Waals surface area contributed by atoms with Crippen LogP contribution in [-0.4, -0.2) is 66.9 Å². The number of benzene rings is 1. The van der Waals surface area contributed by atoms with Gasteiger partial charge in [0.05, 0.1) is 37.5 Å². The number of carbonyl (C=O) groups excluding carboxylic acids is 3. The molecule has 1 atom stereocenters. The van der Waals surface area contributed by atoms with Gasteiger partial charge < -0.3 is 19.0 Å².